The van der Waals surface area contributed by atoms with Gasteiger partial charge in [0.25, 0.3) is 0 Å². The number of carboxylic acid groups (broad SMARTS) is 1. The number of hydrazone groups is 2. The quantitative estimate of drug-likeness (QED) is 0.630. The summed E-state index contributed by atoms with van der Waals surface area (Å²) in [6.45, 7) is 1.68. The number of nitrogens with zero attached hydrogens (tertiary/aromatic N) is 4. The van der Waals surface area contributed by atoms with Crippen molar-refractivity contribution < 1.29 is 14.7 Å². The number of carboxylic acids is 1. The van der Waals surface area contributed by atoms with Gasteiger partial charge in [0.2, 0.25) is 5.13 Å². The van der Waals surface area contributed by atoms with Gasteiger partial charge in [0.05, 0.1) is 22.7 Å². The number of carbonyl (C=O) groups is 2. The Morgan fingerprint density at radius 2 is 1.97 bits per heavy atom. The van der Waals surface area contributed by atoms with E-state index in [0.29, 0.717) is 16.5 Å². The predicted octanol–water partition coefficient (Wildman–Crippen LogP) is 3.70. The van der Waals surface area contributed by atoms with Gasteiger partial charge in [-0.3, -0.25) is 10.2 Å². The molecule has 4 rings (SSSR count). The molecule has 9 heteroatoms. The zero-order chi connectivity index (χ0) is 20.4. The zero-order valence-electron chi connectivity index (χ0n) is 15.2. The molecule has 0 atom stereocenters. The van der Waals surface area contributed by atoms with Crippen LogP contribution in [0.25, 0.3) is 11.3 Å². The maximum absolute atomic E-state index is 12.8. The van der Waals surface area contributed by atoms with Crippen LogP contribution in [-0.2, 0) is 4.79 Å². The maximum atomic E-state index is 12.8. The van der Waals surface area contributed by atoms with Gasteiger partial charge >= 0.3 is 11.9 Å². The van der Waals surface area contributed by atoms with Crippen LogP contribution < -0.4 is 10.4 Å². The first-order valence-corrected chi connectivity index (χ1v) is 9.49. The van der Waals surface area contributed by atoms with E-state index in [1.165, 1.54) is 28.5 Å². The molecule has 0 radical (unpaired) electrons. The van der Waals surface area contributed by atoms with Crippen LogP contribution in [0.4, 0.5) is 10.8 Å². The minimum absolute atomic E-state index is 0.121. The van der Waals surface area contributed by atoms with Crippen molar-refractivity contribution >= 4 is 45.5 Å². The molecule has 8 nitrogen and oxygen atoms in total. The second kappa shape index (κ2) is 7.64. The van der Waals surface area contributed by atoms with Gasteiger partial charge in [0.15, 0.2) is 5.71 Å². The number of carbonyl (C=O) groups excluding carboxylic acids is 1. The molecule has 144 valence electrons. The molecule has 1 aromatic heterocycles. The molecule has 0 fully saturated rings. The van der Waals surface area contributed by atoms with Crippen molar-refractivity contribution in [3.8, 4) is 11.3 Å². The van der Waals surface area contributed by atoms with Gasteiger partial charge in [-0.15, -0.1) is 11.3 Å². The maximum Gasteiger partial charge on any atom is 0.335 e. The molecule has 0 bridgehead atoms. The number of aromatic nitrogens is 1. The summed E-state index contributed by atoms with van der Waals surface area (Å²) < 4.78 is 0. The van der Waals surface area contributed by atoms with E-state index in [1.54, 1.807) is 19.1 Å². The lowest BCUT2D eigenvalue weighted by Crippen LogP contribution is -2.27. The van der Waals surface area contributed by atoms with Gasteiger partial charge in [-0.05, 0) is 25.1 Å². The summed E-state index contributed by atoms with van der Waals surface area (Å²) in [5.41, 5.74) is 5.60. The zero-order valence-corrected chi connectivity index (χ0v) is 16.1. The highest BCUT2D eigenvalue weighted by molar-refractivity contribution is 7.14. The van der Waals surface area contributed by atoms with Crippen molar-refractivity contribution in [2.24, 2.45) is 10.2 Å². The Hall–Kier alpha value is -3.85. The fraction of sp³-hybridized carbons (Fsp3) is 0.0500. The number of thiazole rings is 1. The lowest BCUT2D eigenvalue weighted by Gasteiger charge is -2.07. The van der Waals surface area contributed by atoms with Crippen molar-refractivity contribution in [3.63, 3.8) is 0 Å². The van der Waals surface area contributed by atoms with Gasteiger partial charge in [0, 0.05) is 10.9 Å². The number of rotatable bonds is 5. The van der Waals surface area contributed by atoms with E-state index < -0.39 is 11.9 Å². The molecule has 2 heterocycles. The van der Waals surface area contributed by atoms with E-state index in [4.69, 9.17) is 5.11 Å². The Morgan fingerprint density at radius 1 is 1.17 bits per heavy atom. The number of hydrogen-bond donors (Lipinski definition) is 2. The average Bonchev–Trinajstić information content (AvgIpc) is 3.32. The predicted molar refractivity (Wildman–Crippen MR) is 113 cm³/mol. The summed E-state index contributed by atoms with van der Waals surface area (Å²) in [6, 6.07) is 15.8. The molecule has 1 aliphatic rings. The van der Waals surface area contributed by atoms with Crippen LogP contribution in [0.3, 0.4) is 0 Å². The fourth-order valence-corrected chi connectivity index (χ4v) is 3.48. The number of benzene rings is 2. The van der Waals surface area contributed by atoms with Gasteiger partial charge in [-0.25, -0.2) is 9.78 Å². The van der Waals surface area contributed by atoms with Crippen molar-refractivity contribution in [1.82, 2.24) is 4.98 Å². The number of hydrogen-bond acceptors (Lipinski definition) is 7. The third kappa shape index (κ3) is 3.76. The van der Waals surface area contributed by atoms with E-state index in [2.05, 4.69) is 20.6 Å². The molecular formula is C20H15N5O3S. The number of nitrogens with one attached hydrogen (secondary N) is 1. The molecule has 2 aromatic carbocycles. The van der Waals surface area contributed by atoms with Crippen LogP contribution in [-0.4, -0.2) is 33.4 Å². The van der Waals surface area contributed by atoms with Gasteiger partial charge in [-0.1, -0.05) is 36.4 Å². The lowest BCUT2D eigenvalue weighted by molar-refractivity contribution is -0.112. The highest BCUT2D eigenvalue weighted by atomic mass is 32.1. The van der Waals surface area contributed by atoms with E-state index in [0.717, 1.165) is 11.3 Å². The summed E-state index contributed by atoms with van der Waals surface area (Å²) in [5, 5.41) is 21.0. The Bertz CT molecular complexity index is 1150. The Balaban J connectivity index is 1.54. The summed E-state index contributed by atoms with van der Waals surface area (Å²) in [5.74, 6) is -1.45. The molecule has 1 aliphatic heterocycles. The van der Waals surface area contributed by atoms with Crippen LogP contribution >= 0.6 is 11.3 Å². The van der Waals surface area contributed by atoms with E-state index >= 15 is 0 Å². The molecule has 0 spiro atoms. The van der Waals surface area contributed by atoms with Crippen LogP contribution in [0.5, 0.6) is 0 Å². The standard InChI is InChI=1S/C20H15N5O3S/c1-12-17(23-22-15-9-5-8-14(10-15)19(27)28)18(26)25(24-12)20-21-16(11-29-20)13-6-3-2-4-7-13/h2-11,22H,1H3,(H,27,28)/b23-17-. The first-order valence-electron chi connectivity index (χ1n) is 8.61. The van der Waals surface area contributed by atoms with Crippen molar-refractivity contribution in [2.45, 2.75) is 6.92 Å². The van der Waals surface area contributed by atoms with Crippen LogP contribution in [0.1, 0.15) is 17.3 Å². The normalized spacial score (nSPS) is 14.9. The topological polar surface area (TPSA) is 107 Å². The largest absolute Gasteiger partial charge is 0.478 e. The van der Waals surface area contributed by atoms with E-state index in [1.807, 2.05) is 35.7 Å². The average molecular weight is 405 g/mol. The molecule has 2 N–H and O–H groups in total. The molecule has 0 saturated heterocycles. The second-order valence-corrected chi connectivity index (χ2v) is 6.98. The highest BCUT2D eigenvalue weighted by Crippen LogP contribution is 2.29. The Kier molecular flexibility index (Phi) is 4.88. The number of amides is 1. The summed E-state index contributed by atoms with van der Waals surface area (Å²) in [4.78, 5) is 28.4. The first kappa shape index (κ1) is 18.5. The minimum Gasteiger partial charge on any atom is -0.478 e. The third-order valence-corrected chi connectivity index (χ3v) is 4.95. The van der Waals surface area contributed by atoms with E-state index in [9.17, 15) is 9.59 Å². The van der Waals surface area contributed by atoms with Crippen LogP contribution in [0, 0.1) is 0 Å². The molecular weight excluding hydrogens is 390 g/mol. The monoisotopic (exact) mass is 405 g/mol. The molecule has 0 aliphatic carbocycles. The SMILES string of the molecule is CC1=NN(c2nc(-c3ccccc3)cs2)C(=O)/C1=N\Nc1cccc(C(=O)O)c1. The molecule has 0 unspecified atom stereocenters. The van der Waals surface area contributed by atoms with Crippen LogP contribution in [0.2, 0.25) is 0 Å². The number of anilines is 2. The Morgan fingerprint density at radius 3 is 2.72 bits per heavy atom. The summed E-state index contributed by atoms with van der Waals surface area (Å²) in [6.07, 6.45) is 0. The molecule has 29 heavy (non-hydrogen) atoms. The second-order valence-electron chi connectivity index (χ2n) is 6.14. The highest BCUT2D eigenvalue weighted by Gasteiger charge is 2.32. The van der Waals surface area contributed by atoms with Gasteiger partial charge in [0.1, 0.15) is 0 Å². The van der Waals surface area contributed by atoms with E-state index in [-0.39, 0.29) is 11.3 Å². The Labute approximate surface area is 169 Å². The van der Waals surface area contributed by atoms with Gasteiger partial charge in [-0.2, -0.15) is 15.2 Å². The third-order valence-electron chi connectivity index (χ3n) is 4.14. The molecule has 0 saturated carbocycles. The molecule has 3 aromatic rings. The lowest BCUT2D eigenvalue weighted by atomic mass is 10.2. The first-order chi connectivity index (χ1) is 14.0. The van der Waals surface area contributed by atoms with Crippen molar-refractivity contribution in [1.29, 1.82) is 0 Å². The van der Waals surface area contributed by atoms with Crippen molar-refractivity contribution in [3.05, 3.63) is 65.5 Å². The smallest absolute Gasteiger partial charge is 0.335 e. The summed E-state index contributed by atoms with van der Waals surface area (Å²) >= 11 is 1.32. The van der Waals surface area contributed by atoms with Gasteiger partial charge < -0.3 is 5.11 Å². The number of aromatic carboxylic acids is 1. The summed E-state index contributed by atoms with van der Waals surface area (Å²) in [7, 11) is 0. The van der Waals surface area contributed by atoms with Crippen molar-refractivity contribution in [2.75, 3.05) is 10.4 Å². The molecule has 1 amide bonds. The van der Waals surface area contributed by atoms with Crippen LogP contribution in [0.15, 0.2) is 70.2 Å². The minimum atomic E-state index is -1.04. The fourth-order valence-electron chi connectivity index (χ4n) is 2.70.